The van der Waals surface area contributed by atoms with Crippen molar-refractivity contribution in [2.24, 2.45) is 0 Å². The Hall–Kier alpha value is -1.69. The molecule has 106 valence electrons. The standard InChI is InChI=1S/C13H16BN3O.C2H6/c1-14(18)17-16-10-11-5-7-12(8-6-11)13-4-2-3-9-15-13;1-2/h2-9,16-18H,10H2,1H3;1-2H3. The fourth-order valence-corrected chi connectivity index (χ4v) is 1.63. The Labute approximate surface area is 121 Å². The lowest BCUT2D eigenvalue weighted by atomic mass is 9.91. The molecule has 0 saturated heterocycles. The summed E-state index contributed by atoms with van der Waals surface area (Å²) in [5.74, 6) is 0. The fraction of sp³-hybridized carbons (Fsp3) is 0.267. The van der Waals surface area contributed by atoms with Gasteiger partial charge in [-0.3, -0.25) is 15.7 Å². The van der Waals surface area contributed by atoms with Gasteiger partial charge in [0.25, 0.3) is 0 Å². The van der Waals surface area contributed by atoms with Crippen molar-refractivity contribution in [1.29, 1.82) is 0 Å². The minimum absolute atomic E-state index is 0.558. The van der Waals surface area contributed by atoms with Gasteiger partial charge in [-0.05, 0) is 24.5 Å². The van der Waals surface area contributed by atoms with Crippen molar-refractivity contribution >= 4 is 7.05 Å². The van der Waals surface area contributed by atoms with Gasteiger partial charge in [-0.2, -0.15) is 0 Å². The van der Waals surface area contributed by atoms with Crippen LogP contribution in [0.2, 0.25) is 6.82 Å². The zero-order valence-electron chi connectivity index (χ0n) is 12.3. The van der Waals surface area contributed by atoms with Crippen molar-refractivity contribution < 1.29 is 5.02 Å². The van der Waals surface area contributed by atoms with Crippen LogP contribution in [0.4, 0.5) is 0 Å². The van der Waals surface area contributed by atoms with E-state index in [2.05, 4.69) is 15.7 Å². The summed E-state index contributed by atoms with van der Waals surface area (Å²) in [6.45, 7) is 6.32. The molecule has 3 N–H and O–H groups in total. The van der Waals surface area contributed by atoms with Gasteiger partial charge in [0, 0.05) is 18.3 Å². The predicted octanol–water partition coefficient (Wildman–Crippen LogP) is 2.48. The van der Waals surface area contributed by atoms with E-state index < -0.39 is 7.05 Å². The molecule has 0 fully saturated rings. The van der Waals surface area contributed by atoms with Gasteiger partial charge in [0.1, 0.15) is 0 Å². The molecule has 2 rings (SSSR count). The van der Waals surface area contributed by atoms with Gasteiger partial charge in [0.05, 0.1) is 5.69 Å². The van der Waals surface area contributed by atoms with E-state index in [4.69, 9.17) is 5.02 Å². The third kappa shape index (κ3) is 5.53. The molecule has 0 radical (unpaired) electrons. The first-order valence-corrected chi connectivity index (χ1v) is 6.92. The second-order valence-electron chi connectivity index (χ2n) is 4.09. The van der Waals surface area contributed by atoms with E-state index in [0.717, 1.165) is 16.8 Å². The first-order chi connectivity index (χ1) is 9.75. The molecule has 1 aromatic carbocycles. The monoisotopic (exact) mass is 271 g/mol. The lowest BCUT2D eigenvalue weighted by Gasteiger charge is -2.07. The van der Waals surface area contributed by atoms with E-state index in [1.165, 1.54) is 0 Å². The molecule has 0 bridgehead atoms. The average molecular weight is 271 g/mol. The first-order valence-electron chi connectivity index (χ1n) is 6.92. The number of rotatable bonds is 5. The molecule has 0 spiro atoms. The van der Waals surface area contributed by atoms with Gasteiger partial charge in [-0.15, -0.1) is 0 Å². The Morgan fingerprint density at radius 3 is 2.35 bits per heavy atom. The number of nitrogens with one attached hydrogen (secondary N) is 2. The molecule has 0 unspecified atom stereocenters. The Balaban J connectivity index is 0.000000956. The third-order valence-corrected chi connectivity index (χ3v) is 2.52. The summed E-state index contributed by atoms with van der Waals surface area (Å²) in [7, 11) is -0.558. The Morgan fingerprint density at radius 1 is 1.10 bits per heavy atom. The number of hydrogen-bond donors (Lipinski definition) is 3. The zero-order valence-corrected chi connectivity index (χ0v) is 12.3. The van der Waals surface area contributed by atoms with Crippen molar-refractivity contribution in [3.63, 3.8) is 0 Å². The van der Waals surface area contributed by atoms with Gasteiger partial charge >= 0.3 is 7.05 Å². The van der Waals surface area contributed by atoms with Crippen LogP contribution in [-0.4, -0.2) is 17.1 Å². The maximum absolute atomic E-state index is 9.04. The van der Waals surface area contributed by atoms with Crippen molar-refractivity contribution in [2.75, 3.05) is 0 Å². The van der Waals surface area contributed by atoms with Gasteiger partial charge in [0.15, 0.2) is 0 Å². The lowest BCUT2D eigenvalue weighted by molar-refractivity contribution is 0.520. The number of hydrogen-bond acceptors (Lipinski definition) is 4. The molecule has 0 aliphatic heterocycles. The summed E-state index contributed by atoms with van der Waals surface area (Å²) in [6.07, 6.45) is 1.79. The second-order valence-corrected chi connectivity index (χ2v) is 4.09. The normalized spacial score (nSPS) is 9.60. The van der Waals surface area contributed by atoms with Crippen LogP contribution in [0.15, 0.2) is 48.7 Å². The van der Waals surface area contributed by atoms with E-state index in [1.807, 2.05) is 56.3 Å². The van der Waals surface area contributed by atoms with Crippen molar-refractivity contribution in [1.82, 2.24) is 15.7 Å². The van der Waals surface area contributed by atoms with Gasteiger partial charge in [0.2, 0.25) is 0 Å². The summed E-state index contributed by atoms with van der Waals surface area (Å²) in [4.78, 5) is 4.30. The quantitative estimate of drug-likeness (QED) is 0.577. The molecule has 1 heterocycles. The van der Waals surface area contributed by atoms with Crippen LogP contribution in [0.5, 0.6) is 0 Å². The molecular formula is C15H22BN3O. The van der Waals surface area contributed by atoms with E-state index in [9.17, 15) is 0 Å². The van der Waals surface area contributed by atoms with Crippen molar-refractivity contribution in [2.45, 2.75) is 27.2 Å². The first kappa shape index (κ1) is 16.4. The molecule has 0 aliphatic rings. The molecule has 0 aliphatic carbocycles. The van der Waals surface area contributed by atoms with Gasteiger partial charge in [-0.25, -0.2) is 0 Å². The Morgan fingerprint density at radius 2 is 1.80 bits per heavy atom. The van der Waals surface area contributed by atoms with E-state index in [-0.39, 0.29) is 0 Å². The number of benzene rings is 1. The van der Waals surface area contributed by atoms with Crippen molar-refractivity contribution in [3.05, 3.63) is 54.2 Å². The third-order valence-electron chi connectivity index (χ3n) is 2.52. The smallest absolute Gasteiger partial charge is 0.387 e. The largest absolute Gasteiger partial charge is 0.437 e. The minimum Gasteiger partial charge on any atom is -0.437 e. The fourth-order valence-electron chi connectivity index (χ4n) is 1.63. The summed E-state index contributed by atoms with van der Waals surface area (Å²) in [5, 5.41) is 11.8. The van der Waals surface area contributed by atoms with Gasteiger partial charge < -0.3 is 5.02 Å². The highest BCUT2D eigenvalue weighted by molar-refractivity contribution is 6.45. The summed E-state index contributed by atoms with van der Waals surface area (Å²) in [6, 6.07) is 14.0. The van der Waals surface area contributed by atoms with Crippen LogP contribution in [0.1, 0.15) is 19.4 Å². The van der Waals surface area contributed by atoms with Crippen LogP contribution in [0, 0.1) is 0 Å². The number of aromatic nitrogens is 1. The van der Waals surface area contributed by atoms with Crippen LogP contribution in [0.3, 0.4) is 0 Å². The summed E-state index contributed by atoms with van der Waals surface area (Å²) in [5.41, 5.74) is 6.16. The van der Waals surface area contributed by atoms with Crippen molar-refractivity contribution in [3.8, 4) is 11.3 Å². The molecule has 0 atom stereocenters. The number of nitrogens with zero attached hydrogens (tertiary/aromatic N) is 1. The van der Waals surface area contributed by atoms with Crippen LogP contribution in [-0.2, 0) is 6.54 Å². The predicted molar refractivity (Wildman–Crippen MR) is 84.8 cm³/mol. The summed E-state index contributed by atoms with van der Waals surface area (Å²) < 4.78 is 0. The highest BCUT2D eigenvalue weighted by Gasteiger charge is 2.01. The molecule has 4 nitrogen and oxygen atoms in total. The van der Waals surface area contributed by atoms with Crippen LogP contribution in [0.25, 0.3) is 11.3 Å². The molecule has 0 saturated carbocycles. The lowest BCUT2D eigenvalue weighted by Crippen LogP contribution is -2.41. The molecule has 2 aromatic rings. The molecular weight excluding hydrogens is 249 g/mol. The Bertz CT molecular complexity index is 474. The van der Waals surface area contributed by atoms with E-state index in [0.29, 0.717) is 6.54 Å². The van der Waals surface area contributed by atoms with Crippen LogP contribution >= 0.6 is 0 Å². The van der Waals surface area contributed by atoms with E-state index in [1.54, 1.807) is 13.0 Å². The summed E-state index contributed by atoms with van der Waals surface area (Å²) >= 11 is 0. The van der Waals surface area contributed by atoms with Gasteiger partial charge in [-0.1, -0.05) is 44.2 Å². The molecule has 0 amide bonds. The topological polar surface area (TPSA) is 57.2 Å². The maximum atomic E-state index is 9.04. The average Bonchev–Trinajstić information content (AvgIpc) is 2.50. The molecule has 20 heavy (non-hydrogen) atoms. The Kier molecular flexibility index (Phi) is 7.58. The van der Waals surface area contributed by atoms with Crippen LogP contribution < -0.4 is 10.8 Å². The minimum atomic E-state index is -0.558. The maximum Gasteiger partial charge on any atom is 0.387 e. The number of pyridine rings is 1. The van der Waals surface area contributed by atoms with E-state index >= 15 is 0 Å². The second kappa shape index (κ2) is 9.26. The highest BCUT2D eigenvalue weighted by atomic mass is 16.2. The highest BCUT2D eigenvalue weighted by Crippen LogP contribution is 2.16. The molecule has 5 heteroatoms. The zero-order chi connectivity index (χ0) is 14.8. The molecule has 1 aromatic heterocycles. The number of hydrazine groups is 1. The SMILES string of the molecule is CB(O)NNCc1ccc(-c2ccccn2)cc1.CC.